The Morgan fingerprint density at radius 1 is 1.13 bits per heavy atom. The van der Waals surface area contributed by atoms with Gasteiger partial charge in [0.2, 0.25) is 5.43 Å². The van der Waals surface area contributed by atoms with Gasteiger partial charge < -0.3 is 9.15 Å². The highest BCUT2D eigenvalue weighted by Crippen LogP contribution is 2.30. The van der Waals surface area contributed by atoms with Gasteiger partial charge in [0, 0.05) is 36.8 Å². The molecule has 1 aromatic carbocycles. The highest BCUT2D eigenvalue weighted by atomic mass is 32.2. The van der Waals surface area contributed by atoms with Gasteiger partial charge >= 0.3 is 0 Å². The van der Waals surface area contributed by atoms with E-state index in [-0.39, 0.29) is 5.43 Å². The summed E-state index contributed by atoms with van der Waals surface area (Å²) in [6, 6.07) is 9.48. The van der Waals surface area contributed by atoms with Gasteiger partial charge in [0.25, 0.3) is 0 Å². The van der Waals surface area contributed by atoms with E-state index in [1.165, 1.54) is 12.3 Å². The lowest BCUT2D eigenvalue weighted by atomic mass is 10.2. The van der Waals surface area contributed by atoms with E-state index in [0.29, 0.717) is 11.1 Å². The lowest BCUT2D eigenvalue weighted by molar-refractivity contribution is 0.0410. The summed E-state index contributed by atoms with van der Waals surface area (Å²) < 4.78 is 13.0. The fourth-order valence-electron chi connectivity index (χ4n) is 2.98. The first-order valence-electron chi connectivity index (χ1n) is 7.79. The lowest BCUT2D eigenvalue weighted by Crippen LogP contribution is -2.37. The van der Waals surface area contributed by atoms with Gasteiger partial charge in [-0.1, -0.05) is 12.1 Å². The van der Waals surface area contributed by atoms with E-state index in [1.807, 2.05) is 28.2 Å². The highest BCUT2D eigenvalue weighted by molar-refractivity contribution is 7.98. The second-order valence-corrected chi connectivity index (χ2v) is 6.59. The van der Waals surface area contributed by atoms with E-state index in [0.717, 1.165) is 49.5 Å². The highest BCUT2D eigenvalue weighted by Gasteiger charge is 2.16. The average molecular weight is 330 g/mol. The van der Waals surface area contributed by atoms with Gasteiger partial charge in [0.05, 0.1) is 25.0 Å². The van der Waals surface area contributed by atoms with Crippen molar-refractivity contribution in [3.63, 3.8) is 0 Å². The second-order valence-electron chi connectivity index (χ2n) is 5.56. The smallest absolute Gasteiger partial charge is 0.210 e. The van der Waals surface area contributed by atoms with Crippen LogP contribution in [0.3, 0.4) is 0 Å². The lowest BCUT2D eigenvalue weighted by Gasteiger charge is -2.26. The van der Waals surface area contributed by atoms with Gasteiger partial charge in [-0.3, -0.25) is 13.7 Å². The molecule has 1 fully saturated rings. The molecular weight excluding hydrogens is 312 g/mol. The maximum absolute atomic E-state index is 12.3. The van der Waals surface area contributed by atoms with Gasteiger partial charge in [-0.15, -0.1) is 0 Å². The van der Waals surface area contributed by atoms with Crippen LogP contribution in [0.25, 0.3) is 22.0 Å². The molecule has 0 amide bonds. The van der Waals surface area contributed by atoms with E-state index in [2.05, 4.69) is 4.90 Å². The minimum Gasteiger partial charge on any atom is -0.462 e. The molecule has 0 spiro atoms. The minimum absolute atomic E-state index is 0.00122. The molecule has 0 bridgehead atoms. The van der Waals surface area contributed by atoms with Crippen molar-refractivity contribution in [2.75, 3.05) is 38.6 Å². The molecule has 0 unspecified atom stereocenters. The van der Waals surface area contributed by atoms with Crippen LogP contribution in [0.15, 0.2) is 45.8 Å². The third-order valence-corrected chi connectivity index (χ3v) is 5.16. The Kier molecular flexibility index (Phi) is 4.11. The molecule has 2 aromatic heterocycles. The van der Waals surface area contributed by atoms with E-state index >= 15 is 0 Å². The molecule has 0 N–H and O–H groups in total. The Bertz CT molecular complexity index is 880. The van der Waals surface area contributed by atoms with Crippen LogP contribution in [-0.4, -0.2) is 47.5 Å². The fourth-order valence-corrected chi connectivity index (χ4v) is 4.10. The minimum atomic E-state index is 0.00122. The predicted molar refractivity (Wildman–Crippen MR) is 93.1 cm³/mol. The number of benzene rings is 1. The molecule has 3 heterocycles. The zero-order valence-electron chi connectivity index (χ0n) is 12.7. The zero-order chi connectivity index (χ0) is 15.6. The van der Waals surface area contributed by atoms with E-state index in [9.17, 15) is 4.79 Å². The Hall–Kier alpha value is -1.76. The van der Waals surface area contributed by atoms with Gasteiger partial charge in [0.1, 0.15) is 5.52 Å². The molecule has 1 saturated heterocycles. The normalized spacial score (nSPS) is 16.3. The molecule has 3 aromatic rings. The van der Waals surface area contributed by atoms with Crippen molar-refractivity contribution in [2.45, 2.75) is 0 Å². The van der Waals surface area contributed by atoms with Crippen molar-refractivity contribution in [1.29, 1.82) is 0 Å². The first kappa shape index (κ1) is 14.8. The van der Waals surface area contributed by atoms with Gasteiger partial charge in [0.15, 0.2) is 5.58 Å². The number of hydrogen-bond acceptors (Lipinski definition) is 5. The summed E-state index contributed by atoms with van der Waals surface area (Å²) in [6.45, 7) is 4.57. The SMILES string of the molecule is O=c1ccoc2c3ccccc3n(SCCN3CCOCC3)c12. The fraction of sp³-hybridized carbons (Fsp3) is 0.353. The van der Waals surface area contributed by atoms with Crippen LogP contribution in [0.4, 0.5) is 0 Å². The molecule has 0 atom stereocenters. The summed E-state index contributed by atoms with van der Waals surface area (Å²) in [6.07, 6.45) is 1.47. The van der Waals surface area contributed by atoms with Gasteiger partial charge in [-0.05, 0) is 24.1 Å². The van der Waals surface area contributed by atoms with Crippen LogP contribution >= 0.6 is 11.9 Å². The maximum atomic E-state index is 12.3. The third kappa shape index (κ3) is 2.78. The molecule has 1 aliphatic heterocycles. The summed E-state index contributed by atoms with van der Waals surface area (Å²) >= 11 is 1.67. The second kappa shape index (κ2) is 6.39. The van der Waals surface area contributed by atoms with Crippen LogP contribution in [-0.2, 0) is 4.74 Å². The summed E-state index contributed by atoms with van der Waals surface area (Å²) in [7, 11) is 0. The topological polar surface area (TPSA) is 47.6 Å². The summed E-state index contributed by atoms with van der Waals surface area (Å²) in [5, 5.41) is 0.985. The van der Waals surface area contributed by atoms with Crippen molar-refractivity contribution >= 4 is 34.0 Å². The summed E-state index contributed by atoms with van der Waals surface area (Å²) in [5.41, 5.74) is 2.34. The Morgan fingerprint density at radius 3 is 2.83 bits per heavy atom. The number of morpholine rings is 1. The van der Waals surface area contributed by atoms with Crippen LogP contribution in [0, 0.1) is 0 Å². The molecule has 6 heteroatoms. The Balaban J connectivity index is 1.66. The number of rotatable bonds is 4. The number of fused-ring (bicyclic) bond motifs is 3. The maximum Gasteiger partial charge on any atom is 0.210 e. The summed E-state index contributed by atoms with van der Waals surface area (Å²) in [5.74, 6) is 0.919. The Labute approximate surface area is 137 Å². The van der Waals surface area contributed by atoms with Crippen molar-refractivity contribution < 1.29 is 9.15 Å². The molecule has 4 rings (SSSR count). The molecular formula is C17H18N2O3S. The van der Waals surface area contributed by atoms with E-state index < -0.39 is 0 Å². The molecule has 1 aliphatic rings. The first-order chi connectivity index (χ1) is 11.3. The standard InChI is InChI=1S/C17H18N2O3S/c20-15-5-9-22-17-13-3-1-2-4-14(13)19(16(15)17)23-12-8-18-6-10-21-11-7-18/h1-5,9H,6-8,10-12H2. The van der Waals surface area contributed by atoms with Crippen molar-refractivity contribution in [1.82, 2.24) is 8.87 Å². The molecule has 0 saturated carbocycles. The van der Waals surface area contributed by atoms with E-state index in [1.54, 1.807) is 11.9 Å². The number of nitrogens with zero attached hydrogens (tertiary/aromatic N) is 2. The van der Waals surface area contributed by atoms with Crippen LogP contribution in [0.5, 0.6) is 0 Å². The van der Waals surface area contributed by atoms with Crippen LogP contribution in [0.1, 0.15) is 0 Å². The monoisotopic (exact) mass is 330 g/mol. The molecule has 120 valence electrons. The third-order valence-electron chi connectivity index (χ3n) is 4.16. The number of aromatic nitrogens is 1. The number of hydrogen-bond donors (Lipinski definition) is 0. The average Bonchev–Trinajstić information content (AvgIpc) is 2.92. The molecule has 5 nitrogen and oxygen atoms in total. The molecule has 0 aliphatic carbocycles. The predicted octanol–water partition coefficient (Wildman–Crippen LogP) is 2.58. The Morgan fingerprint density at radius 2 is 1.96 bits per heavy atom. The van der Waals surface area contributed by atoms with Crippen molar-refractivity contribution in [2.24, 2.45) is 0 Å². The number of ether oxygens (including phenoxy) is 1. The van der Waals surface area contributed by atoms with Crippen LogP contribution < -0.4 is 5.43 Å². The van der Waals surface area contributed by atoms with Crippen molar-refractivity contribution in [3.05, 3.63) is 46.8 Å². The number of para-hydroxylation sites is 1. The van der Waals surface area contributed by atoms with E-state index in [4.69, 9.17) is 9.15 Å². The van der Waals surface area contributed by atoms with Gasteiger partial charge in [-0.25, -0.2) is 0 Å². The van der Waals surface area contributed by atoms with Crippen LogP contribution in [0.2, 0.25) is 0 Å². The molecule has 0 radical (unpaired) electrons. The van der Waals surface area contributed by atoms with Crippen molar-refractivity contribution in [3.8, 4) is 0 Å². The largest absolute Gasteiger partial charge is 0.462 e. The molecule has 23 heavy (non-hydrogen) atoms. The first-order valence-corrected chi connectivity index (χ1v) is 8.73. The van der Waals surface area contributed by atoms with Gasteiger partial charge in [-0.2, -0.15) is 0 Å². The summed E-state index contributed by atoms with van der Waals surface area (Å²) in [4.78, 5) is 14.7. The zero-order valence-corrected chi connectivity index (χ0v) is 13.6. The quantitative estimate of drug-likeness (QED) is 0.736.